The second-order valence-electron chi connectivity index (χ2n) is 5.32. The normalized spacial score (nSPS) is 28.8. The van der Waals surface area contributed by atoms with E-state index in [0.717, 1.165) is 30.9 Å². The number of fused-ring (bicyclic) bond motifs is 1. The van der Waals surface area contributed by atoms with E-state index in [9.17, 15) is 0 Å². The van der Waals surface area contributed by atoms with Crippen molar-refractivity contribution in [2.75, 3.05) is 23.7 Å². The lowest BCUT2D eigenvalue weighted by Gasteiger charge is -2.41. The molecule has 0 radical (unpaired) electrons. The van der Waals surface area contributed by atoms with Crippen molar-refractivity contribution in [3.63, 3.8) is 0 Å². The van der Waals surface area contributed by atoms with E-state index in [-0.39, 0.29) is 0 Å². The van der Waals surface area contributed by atoms with Gasteiger partial charge < -0.3 is 10.6 Å². The number of aromatic nitrogens is 2. The molecule has 2 aliphatic rings. The fourth-order valence-electron chi connectivity index (χ4n) is 3.30. The highest BCUT2D eigenvalue weighted by Crippen LogP contribution is 2.36. The summed E-state index contributed by atoms with van der Waals surface area (Å²) in [5.41, 5.74) is 5.72. The zero-order valence-corrected chi connectivity index (χ0v) is 10.2. The van der Waals surface area contributed by atoms with E-state index in [1.807, 2.05) is 0 Å². The maximum Gasteiger partial charge on any atom is 0.227 e. The van der Waals surface area contributed by atoms with Gasteiger partial charge in [-0.15, -0.1) is 0 Å². The molecule has 1 aromatic rings. The van der Waals surface area contributed by atoms with Gasteiger partial charge in [-0.3, -0.25) is 0 Å². The molecule has 4 nitrogen and oxygen atoms in total. The maximum absolute atomic E-state index is 5.72. The second kappa shape index (κ2) is 4.51. The van der Waals surface area contributed by atoms with Crippen molar-refractivity contribution < 1.29 is 0 Å². The van der Waals surface area contributed by atoms with Crippen LogP contribution in [-0.4, -0.2) is 23.1 Å². The SMILES string of the molecule is Nc1ccnc(N2CCC3CCCCC3C2)n1. The van der Waals surface area contributed by atoms with Crippen LogP contribution in [0.3, 0.4) is 0 Å². The number of nitrogens with two attached hydrogens (primary N) is 1. The monoisotopic (exact) mass is 232 g/mol. The Morgan fingerprint density at radius 2 is 2.00 bits per heavy atom. The van der Waals surface area contributed by atoms with Gasteiger partial charge in [-0.1, -0.05) is 19.3 Å². The molecule has 2 atom stereocenters. The number of rotatable bonds is 1. The Hall–Kier alpha value is -1.32. The van der Waals surface area contributed by atoms with Gasteiger partial charge in [-0.2, -0.15) is 4.98 Å². The zero-order valence-electron chi connectivity index (χ0n) is 10.2. The summed E-state index contributed by atoms with van der Waals surface area (Å²) in [6, 6.07) is 1.75. The minimum absolute atomic E-state index is 0.570. The van der Waals surface area contributed by atoms with E-state index >= 15 is 0 Å². The van der Waals surface area contributed by atoms with Gasteiger partial charge in [0.1, 0.15) is 5.82 Å². The second-order valence-corrected chi connectivity index (χ2v) is 5.32. The van der Waals surface area contributed by atoms with Crippen LogP contribution in [0.25, 0.3) is 0 Å². The standard InChI is InChI=1S/C13H20N4/c14-12-5-7-15-13(16-12)17-8-6-10-3-1-2-4-11(10)9-17/h5,7,10-11H,1-4,6,8-9H2,(H2,14,15,16). The molecule has 0 spiro atoms. The zero-order chi connectivity index (χ0) is 11.7. The molecule has 4 heteroatoms. The van der Waals surface area contributed by atoms with Gasteiger partial charge in [-0.05, 0) is 30.7 Å². The van der Waals surface area contributed by atoms with Crippen LogP contribution in [0, 0.1) is 11.8 Å². The smallest absolute Gasteiger partial charge is 0.227 e. The average Bonchev–Trinajstić information content (AvgIpc) is 2.38. The molecule has 2 fully saturated rings. The fraction of sp³-hybridized carbons (Fsp3) is 0.692. The topological polar surface area (TPSA) is 55.0 Å². The summed E-state index contributed by atoms with van der Waals surface area (Å²) in [4.78, 5) is 11.0. The third-order valence-electron chi connectivity index (χ3n) is 4.24. The molecule has 0 aromatic carbocycles. The van der Waals surface area contributed by atoms with E-state index in [4.69, 9.17) is 5.73 Å². The largest absolute Gasteiger partial charge is 0.384 e. The van der Waals surface area contributed by atoms with Crippen LogP contribution in [-0.2, 0) is 0 Å². The summed E-state index contributed by atoms with van der Waals surface area (Å²) in [7, 11) is 0. The van der Waals surface area contributed by atoms with Crippen molar-refractivity contribution in [1.29, 1.82) is 0 Å². The van der Waals surface area contributed by atoms with Gasteiger partial charge in [0.05, 0.1) is 0 Å². The Labute approximate surface area is 102 Å². The van der Waals surface area contributed by atoms with Gasteiger partial charge in [0, 0.05) is 19.3 Å². The molecule has 2 heterocycles. The quantitative estimate of drug-likeness (QED) is 0.805. The molecule has 1 aliphatic heterocycles. The summed E-state index contributed by atoms with van der Waals surface area (Å²) in [5.74, 6) is 3.18. The van der Waals surface area contributed by atoms with Crippen molar-refractivity contribution in [3.05, 3.63) is 12.3 Å². The molecule has 92 valence electrons. The molecule has 0 amide bonds. The lowest BCUT2D eigenvalue weighted by Crippen LogP contribution is -2.42. The van der Waals surface area contributed by atoms with Crippen LogP contribution in [0.15, 0.2) is 12.3 Å². The highest BCUT2D eigenvalue weighted by molar-refractivity contribution is 5.38. The van der Waals surface area contributed by atoms with Crippen molar-refractivity contribution >= 4 is 11.8 Å². The summed E-state index contributed by atoms with van der Waals surface area (Å²) in [6.45, 7) is 2.21. The first-order chi connectivity index (χ1) is 8.33. The Kier molecular flexibility index (Phi) is 2.87. The van der Waals surface area contributed by atoms with Crippen LogP contribution >= 0.6 is 0 Å². The van der Waals surface area contributed by atoms with Gasteiger partial charge in [-0.25, -0.2) is 4.98 Å². The van der Waals surface area contributed by atoms with E-state index in [1.165, 1.54) is 32.1 Å². The van der Waals surface area contributed by atoms with Gasteiger partial charge in [0.2, 0.25) is 5.95 Å². The van der Waals surface area contributed by atoms with Crippen LogP contribution in [0.2, 0.25) is 0 Å². The third kappa shape index (κ3) is 2.21. The molecule has 0 bridgehead atoms. The number of nitrogen functional groups attached to an aromatic ring is 1. The van der Waals surface area contributed by atoms with E-state index in [2.05, 4.69) is 14.9 Å². The summed E-state index contributed by atoms with van der Waals surface area (Å²) >= 11 is 0. The highest BCUT2D eigenvalue weighted by atomic mass is 15.3. The van der Waals surface area contributed by atoms with Crippen LogP contribution < -0.4 is 10.6 Å². The van der Waals surface area contributed by atoms with Crippen LogP contribution in [0.4, 0.5) is 11.8 Å². The lowest BCUT2D eigenvalue weighted by atomic mass is 9.75. The van der Waals surface area contributed by atoms with E-state index in [1.54, 1.807) is 12.3 Å². The molecule has 1 aromatic heterocycles. The molecular formula is C13H20N4. The predicted octanol–water partition coefficient (Wildman–Crippen LogP) is 2.08. The molecule has 2 N–H and O–H groups in total. The summed E-state index contributed by atoms with van der Waals surface area (Å²) in [6.07, 6.45) is 8.68. The Balaban J connectivity index is 1.73. The first-order valence-electron chi connectivity index (χ1n) is 6.66. The molecule has 1 saturated carbocycles. The first kappa shape index (κ1) is 10.8. The van der Waals surface area contributed by atoms with Gasteiger partial charge in [0.15, 0.2) is 0 Å². The van der Waals surface area contributed by atoms with E-state index < -0.39 is 0 Å². The molecule has 2 unspecified atom stereocenters. The molecule has 1 saturated heterocycles. The number of anilines is 2. The number of piperidine rings is 1. The number of nitrogens with zero attached hydrogens (tertiary/aromatic N) is 3. The molecule has 17 heavy (non-hydrogen) atoms. The number of hydrogen-bond acceptors (Lipinski definition) is 4. The third-order valence-corrected chi connectivity index (χ3v) is 4.24. The molecule has 3 rings (SSSR count). The Bertz CT molecular complexity index is 393. The van der Waals surface area contributed by atoms with Crippen molar-refractivity contribution in [2.24, 2.45) is 11.8 Å². The van der Waals surface area contributed by atoms with Crippen molar-refractivity contribution in [2.45, 2.75) is 32.1 Å². The average molecular weight is 232 g/mol. The predicted molar refractivity (Wildman–Crippen MR) is 68.7 cm³/mol. The highest BCUT2D eigenvalue weighted by Gasteiger charge is 2.31. The van der Waals surface area contributed by atoms with Gasteiger partial charge >= 0.3 is 0 Å². The van der Waals surface area contributed by atoms with E-state index in [0.29, 0.717) is 5.82 Å². The first-order valence-corrected chi connectivity index (χ1v) is 6.66. The Morgan fingerprint density at radius 1 is 1.18 bits per heavy atom. The fourth-order valence-corrected chi connectivity index (χ4v) is 3.30. The van der Waals surface area contributed by atoms with Gasteiger partial charge in [0.25, 0.3) is 0 Å². The minimum Gasteiger partial charge on any atom is -0.384 e. The maximum atomic E-state index is 5.72. The summed E-state index contributed by atoms with van der Waals surface area (Å²) < 4.78 is 0. The Morgan fingerprint density at radius 3 is 2.82 bits per heavy atom. The van der Waals surface area contributed by atoms with Crippen molar-refractivity contribution in [1.82, 2.24) is 9.97 Å². The van der Waals surface area contributed by atoms with Crippen LogP contribution in [0.5, 0.6) is 0 Å². The summed E-state index contributed by atoms with van der Waals surface area (Å²) in [5, 5.41) is 0. The minimum atomic E-state index is 0.570. The lowest BCUT2D eigenvalue weighted by molar-refractivity contribution is 0.201. The van der Waals surface area contributed by atoms with Crippen LogP contribution in [0.1, 0.15) is 32.1 Å². The molecular weight excluding hydrogens is 212 g/mol. The molecule has 1 aliphatic carbocycles. The number of hydrogen-bond donors (Lipinski definition) is 1. The van der Waals surface area contributed by atoms with Crippen molar-refractivity contribution in [3.8, 4) is 0 Å².